The Bertz CT molecular complexity index is 397. The second-order valence-corrected chi connectivity index (χ2v) is 5.04. The van der Waals surface area contributed by atoms with Gasteiger partial charge in [-0.2, -0.15) is 0 Å². The van der Waals surface area contributed by atoms with Crippen molar-refractivity contribution in [1.29, 1.82) is 0 Å². The smallest absolute Gasteiger partial charge is 0.163 e. The van der Waals surface area contributed by atoms with Gasteiger partial charge in [-0.15, -0.1) is 0 Å². The number of ketones is 1. The molecule has 86 valence electrons. The van der Waals surface area contributed by atoms with Crippen molar-refractivity contribution in [3.8, 4) is 5.75 Å². The lowest BCUT2D eigenvalue weighted by molar-refractivity contribution is 0.101. The van der Waals surface area contributed by atoms with E-state index in [1.54, 1.807) is 6.92 Å². The number of ether oxygens (including phenoxy) is 1. The summed E-state index contributed by atoms with van der Waals surface area (Å²) in [5.41, 5.74) is 0.983. The number of alkyl halides is 1. The molecule has 1 aromatic rings. The molecule has 0 N–H and O–H groups in total. The first kappa shape index (κ1) is 11.6. The van der Waals surface area contributed by atoms with Crippen LogP contribution in [-0.2, 0) is 0 Å². The van der Waals surface area contributed by atoms with Gasteiger partial charge in [0.2, 0.25) is 0 Å². The lowest BCUT2D eigenvalue weighted by Crippen LogP contribution is -2.15. The summed E-state index contributed by atoms with van der Waals surface area (Å²) >= 11 is 3.51. The number of carbonyl (C=O) groups is 1. The van der Waals surface area contributed by atoms with Crippen molar-refractivity contribution < 1.29 is 9.53 Å². The molecule has 1 saturated carbocycles. The van der Waals surface area contributed by atoms with Crippen LogP contribution in [-0.4, -0.2) is 17.7 Å². The van der Waals surface area contributed by atoms with Gasteiger partial charge in [0.25, 0.3) is 0 Å². The van der Waals surface area contributed by atoms with Crippen molar-refractivity contribution in [2.45, 2.75) is 19.8 Å². The van der Waals surface area contributed by atoms with Gasteiger partial charge in [0, 0.05) is 10.7 Å². The zero-order valence-corrected chi connectivity index (χ0v) is 10.9. The van der Waals surface area contributed by atoms with E-state index in [-0.39, 0.29) is 5.78 Å². The lowest BCUT2D eigenvalue weighted by atomic mass is 10.1. The van der Waals surface area contributed by atoms with Gasteiger partial charge >= 0.3 is 0 Å². The van der Waals surface area contributed by atoms with Gasteiger partial charge in [-0.1, -0.05) is 28.1 Å². The predicted molar refractivity (Wildman–Crippen MR) is 67.4 cm³/mol. The second-order valence-electron chi connectivity index (χ2n) is 4.47. The summed E-state index contributed by atoms with van der Waals surface area (Å²) in [4.78, 5) is 11.4. The standard InChI is InChI=1S/C13H15BrO2/c1-10(15)11-4-2-3-5-12(11)16-9-13(8-14)6-7-13/h2-5H,6-9H2,1H3. The van der Waals surface area contributed by atoms with Crippen LogP contribution in [0.3, 0.4) is 0 Å². The Hall–Kier alpha value is -0.830. The highest BCUT2D eigenvalue weighted by molar-refractivity contribution is 9.09. The first-order valence-electron chi connectivity index (χ1n) is 5.46. The third-order valence-corrected chi connectivity index (χ3v) is 4.23. The minimum Gasteiger partial charge on any atom is -0.492 e. The van der Waals surface area contributed by atoms with Crippen LogP contribution >= 0.6 is 15.9 Å². The first-order chi connectivity index (χ1) is 7.67. The Morgan fingerprint density at radius 3 is 2.69 bits per heavy atom. The molecule has 3 heteroatoms. The monoisotopic (exact) mass is 282 g/mol. The molecule has 1 aliphatic rings. The van der Waals surface area contributed by atoms with Crippen molar-refractivity contribution in [3.63, 3.8) is 0 Å². The molecule has 1 aromatic carbocycles. The lowest BCUT2D eigenvalue weighted by Gasteiger charge is -2.14. The fourth-order valence-electron chi connectivity index (χ4n) is 1.61. The Balaban J connectivity index is 2.06. The number of Topliss-reactive ketones (excluding diaryl/α,β-unsaturated/α-hetero) is 1. The molecular formula is C13H15BrO2. The van der Waals surface area contributed by atoms with E-state index in [2.05, 4.69) is 15.9 Å². The molecule has 0 heterocycles. The molecule has 0 saturated heterocycles. The molecule has 0 unspecified atom stereocenters. The normalized spacial score (nSPS) is 16.9. The predicted octanol–water partition coefficient (Wildman–Crippen LogP) is 3.44. The van der Waals surface area contributed by atoms with Crippen molar-refractivity contribution in [1.82, 2.24) is 0 Å². The van der Waals surface area contributed by atoms with Crippen molar-refractivity contribution in [2.24, 2.45) is 5.41 Å². The van der Waals surface area contributed by atoms with Gasteiger partial charge in [-0.3, -0.25) is 4.79 Å². The number of benzene rings is 1. The van der Waals surface area contributed by atoms with Gasteiger partial charge in [0.15, 0.2) is 5.78 Å². The highest BCUT2D eigenvalue weighted by atomic mass is 79.9. The van der Waals surface area contributed by atoms with Crippen LogP contribution in [0, 0.1) is 5.41 Å². The van der Waals surface area contributed by atoms with E-state index in [0.29, 0.717) is 23.3 Å². The van der Waals surface area contributed by atoms with Crippen LogP contribution in [0.2, 0.25) is 0 Å². The van der Waals surface area contributed by atoms with Gasteiger partial charge in [0.1, 0.15) is 5.75 Å². The van der Waals surface area contributed by atoms with Crippen LogP contribution < -0.4 is 4.74 Å². The average molecular weight is 283 g/mol. The summed E-state index contributed by atoms with van der Waals surface area (Å²) in [6, 6.07) is 7.43. The summed E-state index contributed by atoms with van der Waals surface area (Å²) < 4.78 is 5.77. The zero-order valence-electron chi connectivity index (χ0n) is 9.33. The van der Waals surface area contributed by atoms with E-state index in [4.69, 9.17) is 4.74 Å². The summed E-state index contributed by atoms with van der Waals surface area (Å²) in [6.07, 6.45) is 2.42. The number of halogens is 1. The Kier molecular flexibility index (Phi) is 3.33. The maximum absolute atomic E-state index is 11.4. The first-order valence-corrected chi connectivity index (χ1v) is 6.58. The molecule has 1 fully saturated rings. The second kappa shape index (κ2) is 4.58. The minimum absolute atomic E-state index is 0.0549. The minimum atomic E-state index is 0.0549. The number of rotatable bonds is 5. The summed E-state index contributed by atoms with van der Waals surface area (Å²) in [7, 11) is 0. The fraction of sp³-hybridized carbons (Fsp3) is 0.462. The van der Waals surface area contributed by atoms with Crippen LogP contribution in [0.15, 0.2) is 24.3 Å². The highest BCUT2D eigenvalue weighted by Crippen LogP contribution is 2.47. The molecule has 0 atom stereocenters. The van der Waals surface area contributed by atoms with Gasteiger partial charge in [-0.05, 0) is 31.9 Å². The molecule has 0 bridgehead atoms. The molecule has 2 rings (SSSR count). The fourth-order valence-corrected chi connectivity index (χ4v) is 2.33. The third-order valence-electron chi connectivity index (χ3n) is 3.04. The van der Waals surface area contributed by atoms with Gasteiger partial charge in [0.05, 0.1) is 12.2 Å². The van der Waals surface area contributed by atoms with E-state index < -0.39 is 0 Å². The molecule has 0 amide bonds. The SMILES string of the molecule is CC(=O)c1ccccc1OCC1(CBr)CC1. The van der Waals surface area contributed by atoms with Crippen LogP contribution in [0.5, 0.6) is 5.75 Å². The largest absolute Gasteiger partial charge is 0.492 e. The summed E-state index contributed by atoms with van der Waals surface area (Å²) in [6.45, 7) is 2.27. The molecule has 0 spiro atoms. The number of carbonyl (C=O) groups excluding carboxylic acids is 1. The summed E-state index contributed by atoms with van der Waals surface area (Å²) in [5, 5.41) is 0.974. The van der Waals surface area contributed by atoms with Crippen molar-refractivity contribution in [2.75, 3.05) is 11.9 Å². The quantitative estimate of drug-likeness (QED) is 0.611. The van der Waals surface area contributed by atoms with Crippen LogP contribution in [0.4, 0.5) is 0 Å². The maximum Gasteiger partial charge on any atom is 0.163 e. The maximum atomic E-state index is 11.4. The van der Waals surface area contributed by atoms with E-state index >= 15 is 0 Å². The van der Waals surface area contributed by atoms with E-state index in [0.717, 1.165) is 5.33 Å². The molecule has 1 aliphatic carbocycles. The van der Waals surface area contributed by atoms with E-state index in [1.807, 2.05) is 24.3 Å². The van der Waals surface area contributed by atoms with Crippen molar-refractivity contribution >= 4 is 21.7 Å². The Morgan fingerprint density at radius 1 is 1.44 bits per heavy atom. The van der Waals surface area contributed by atoms with Gasteiger partial charge in [-0.25, -0.2) is 0 Å². The van der Waals surface area contributed by atoms with Crippen LogP contribution in [0.1, 0.15) is 30.1 Å². The average Bonchev–Trinajstić information content (AvgIpc) is 3.07. The molecule has 0 aliphatic heterocycles. The Morgan fingerprint density at radius 2 is 2.12 bits per heavy atom. The molecule has 2 nitrogen and oxygen atoms in total. The molecule has 16 heavy (non-hydrogen) atoms. The molecular weight excluding hydrogens is 268 g/mol. The van der Waals surface area contributed by atoms with E-state index in [1.165, 1.54) is 12.8 Å². The van der Waals surface area contributed by atoms with Crippen LogP contribution in [0.25, 0.3) is 0 Å². The zero-order chi connectivity index (χ0) is 11.6. The number of para-hydroxylation sites is 1. The van der Waals surface area contributed by atoms with Crippen molar-refractivity contribution in [3.05, 3.63) is 29.8 Å². The topological polar surface area (TPSA) is 26.3 Å². The van der Waals surface area contributed by atoms with Gasteiger partial charge < -0.3 is 4.74 Å². The molecule has 0 radical (unpaired) electrons. The summed E-state index contributed by atoms with van der Waals surface area (Å²) in [5.74, 6) is 0.765. The molecule has 0 aromatic heterocycles. The highest BCUT2D eigenvalue weighted by Gasteiger charge is 2.42. The Labute approximate surface area is 104 Å². The number of hydrogen-bond acceptors (Lipinski definition) is 2. The van der Waals surface area contributed by atoms with E-state index in [9.17, 15) is 4.79 Å². The third kappa shape index (κ3) is 2.46. The number of hydrogen-bond donors (Lipinski definition) is 0.